The predicted octanol–water partition coefficient (Wildman–Crippen LogP) is 5.50. The molecule has 0 bridgehead atoms. The van der Waals surface area contributed by atoms with E-state index >= 15 is 0 Å². The highest BCUT2D eigenvalue weighted by atomic mass is 32.2. The Morgan fingerprint density at radius 3 is 2.30 bits per heavy atom. The molecule has 4 aromatic rings. The van der Waals surface area contributed by atoms with Crippen molar-refractivity contribution in [3.8, 4) is 17.1 Å². The molecule has 0 spiro atoms. The van der Waals surface area contributed by atoms with E-state index in [-0.39, 0.29) is 11.6 Å². The van der Waals surface area contributed by atoms with Crippen LogP contribution < -0.4 is 0 Å². The molecule has 0 aliphatic heterocycles. The van der Waals surface area contributed by atoms with Gasteiger partial charge >= 0.3 is 0 Å². The number of rotatable bonds is 5. The topological polar surface area (TPSA) is 30.7 Å². The molecule has 0 saturated carbocycles. The van der Waals surface area contributed by atoms with Crippen LogP contribution in [0.25, 0.3) is 17.1 Å². The van der Waals surface area contributed by atoms with Crippen LogP contribution in [0.3, 0.4) is 0 Å². The molecule has 0 radical (unpaired) electrons. The van der Waals surface area contributed by atoms with E-state index in [1.165, 1.54) is 36.0 Å². The molecule has 0 amide bonds. The van der Waals surface area contributed by atoms with Gasteiger partial charge in [-0.15, -0.1) is 10.2 Å². The van der Waals surface area contributed by atoms with Gasteiger partial charge in [0, 0.05) is 17.0 Å². The first-order valence-electron chi connectivity index (χ1n) is 8.35. The van der Waals surface area contributed by atoms with Crippen LogP contribution >= 0.6 is 11.8 Å². The van der Waals surface area contributed by atoms with Crippen molar-refractivity contribution in [2.24, 2.45) is 0 Å². The third-order valence-electron chi connectivity index (χ3n) is 4.01. The van der Waals surface area contributed by atoms with Crippen molar-refractivity contribution in [3.63, 3.8) is 0 Å². The van der Waals surface area contributed by atoms with E-state index in [9.17, 15) is 8.78 Å². The summed E-state index contributed by atoms with van der Waals surface area (Å²) in [4.78, 5) is 0. The number of nitrogens with zero attached hydrogens (tertiary/aromatic N) is 3. The van der Waals surface area contributed by atoms with Crippen molar-refractivity contribution in [2.45, 2.75) is 10.9 Å². The Morgan fingerprint density at radius 1 is 0.778 bits per heavy atom. The molecule has 0 unspecified atom stereocenters. The van der Waals surface area contributed by atoms with Crippen LogP contribution in [0.4, 0.5) is 8.78 Å². The number of hydrogen-bond acceptors (Lipinski definition) is 3. The maximum absolute atomic E-state index is 13.4. The molecular weight excluding hydrogens is 364 g/mol. The summed E-state index contributed by atoms with van der Waals surface area (Å²) in [5, 5.41) is 9.31. The van der Waals surface area contributed by atoms with Crippen LogP contribution in [0.2, 0.25) is 0 Å². The lowest BCUT2D eigenvalue weighted by Crippen LogP contribution is -2.00. The van der Waals surface area contributed by atoms with E-state index in [1.807, 2.05) is 41.0 Å². The summed E-state index contributed by atoms with van der Waals surface area (Å²) in [7, 11) is 0. The number of thioether (sulfide) groups is 1. The van der Waals surface area contributed by atoms with Crippen LogP contribution in [0.5, 0.6) is 0 Å². The number of aromatic nitrogens is 3. The van der Waals surface area contributed by atoms with E-state index in [4.69, 9.17) is 0 Å². The fraction of sp³-hybridized carbons (Fsp3) is 0.0476. The normalized spacial score (nSPS) is 10.9. The number of benzene rings is 3. The van der Waals surface area contributed by atoms with E-state index in [2.05, 4.69) is 10.2 Å². The molecule has 27 heavy (non-hydrogen) atoms. The Labute approximate surface area is 159 Å². The summed E-state index contributed by atoms with van der Waals surface area (Å²) in [6.07, 6.45) is 0. The molecule has 0 fully saturated rings. The van der Waals surface area contributed by atoms with Gasteiger partial charge in [0.1, 0.15) is 11.6 Å². The van der Waals surface area contributed by atoms with Crippen LogP contribution in [0.15, 0.2) is 84.0 Å². The van der Waals surface area contributed by atoms with Gasteiger partial charge in [0.15, 0.2) is 11.0 Å². The molecular formula is C21H15F2N3S. The van der Waals surface area contributed by atoms with Gasteiger partial charge in [-0.1, -0.05) is 54.2 Å². The first kappa shape index (κ1) is 17.4. The summed E-state index contributed by atoms with van der Waals surface area (Å²) in [5.41, 5.74) is 2.53. The first-order valence-corrected chi connectivity index (χ1v) is 9.33. The van der Waals surface area contributed by atoms with Crippen molar-refractivity contribution in [1.82, 2.24) is 14.8 Å². The Kier molecular flexibility index (Phi) is 4.98. The monoisotopic (exact) mass is 379 g/mol. The lowest BCUT2D eigenvalue weighted by molar-refractivity contribution is 0.626. The molecule has 0 saturated heterocycles. The zero-order valence-corrected chi connectivity index (χ0v) is 15.0. The van der Waals surface area contributed by atoms with Crippen LogP contribution in [0.1, 0.15) is 5.56 Å². The summed E-state index contributed by atoms with van der Waals surface area (Å²) in [5.74, 6) is 0.648. The highest BCUT2D eigenvalue weighted by Gasteiger charge is 2.16. The Hall–Kier alpha value is -2.99. The summed E-state index contributed by atoms with van der Waals surface area (Å²) in [6, 6.07) is 22.4. The van der Waals surface area contributed by atoms with Gasteiger partial charge in [-0.2, -0.15) is 0 Å². The molecule has 1 aromatic heterocycles. The van der Waals surface area contributed by atoms with Gasteiger partial charge in [0.25, 0.3) is 0 Å². The molecule has 6 heteroatoms. The quantitative estimate of drug-likeness (QED) is 0.429. The van der Waals surface area contributed by atoms with Crippen LogP contribution in [0, 0.1) is 11.6 Å². The second kappa shape index (κ2) is 7.72. The standard InChI is InChI=1S/C21H15F2N3S/c22-17-9-11-19(12-10-17)26-20(16-6-2-1-3-7-16)24-25-21(26)27-14-15-5-4-8-18(23)13-15/h1-13H,14H2. The minimum Gasteiger partial charge on any atom is -0.270 e. The molecule has 0 N–H and O–H groups in total. The molecule has 0 atom stereocenters. The predicted molar refractivity (Wildman–Crippen MR) is 103 cm³/mol. The van der Waals surface area contributed by atoms with Crippen molar-refractivity contribution in [3.05, 3.63) is 96.1 Å². The van der Waals surface area contributed by atoms with Gasteiger partial charge in [0.05, 0.1) is 0 Å². The summed E-state index contributed by atoms with van der Waals surface area (Å²) in [6.45, 7) is 0. The van der Waals surface area contributed by atoms with E-state index in [0.717, 1.165) is 16.8 Å². The average Bonchev–Trinajstić information content (AvgIpc) is 3.12. The lowest BCUT2D eigenvalue weighted by Gasteiger charge is -2.10. The van der Waals surface area contributed by atoms with Gasteiger partial charge < -0.3 is 0 Å². The minimum atomic E-state index is -0.304. The van der Waals surface area contributed by atoms with Crippen molar-refractivity contribution in [2.75, 3.05) is 0 Å². The zero-order valence-electron chi connectivity index (χ0n) is 14.2. The molecule has 3 nitrogen and oxygen atoms in total. The number of halogens is 2. The summed E-state index contributed by atoms with van der Waals surface area (Å²) < 4.78 is 28.7. The Bertz CT molecular complexity index is 1050. The van der Waals surface area contributed by atoms with Gasteiger partial charge in [-0.25, -0.2) is 8.78 Å². The third-order valence-corrected chi connectivity index (χ3v) is 5.01. The molecule has 134 valence electrons. The van der Waals surface area contributed by atoms with Gasteiger partial charge in [0.2, 0.25) is 0 Å². The lowest BCUT2D eigenvalue weighted by atomic mass is 10.2. The zero-order chi connectivity index (χ0) is 18.6. The highest BCUT2D eigenvalue weighted by Crippen LogP contribution is 2.29. The largest absolute Gasteiger partial charge is 0.270 e. The number of hydrogen-bond donors (Lipinski definition) is 0. The second-order valence-corrected chi connectivity index (χ2v) is 6.85. The van der Waals surface area contributed by atoms with E-state index in [1.54, 1.807) is 18.2 Å². The van der Waals surface area contributed by atoms with Crippen LogP contribution in [-0.2, 0) is 5.75 Å². The maximum atomic E-state index is 13.4. The Morgan fingerprint density at radius 2 is 1.56 bits per heavy atom. The van der Waals surface area contributed by atoms with Crippen LogP contribution in [-0.4, -0.2) is 14.8 Å². The highest BCUT2D eigenvalue weighted by molar-refractivity contribution is 7.98. The van der Waals surface area contributed by atoms with Gasteiger partial charge in [-0.3, -0.25) is 4.57 Å². The van der Waals surface area contributed by atoms with E-state index < -0.39 is 0 Å². The second-order valence-electron chi connectivity index (χ2n) is 5.90. The molecule has 0 aliphatic rings. The van der Waals surface area contributed by atoms with Crippen molar-refractivity contribution >= 4 is 11.8 Å². The fourth-order valence-corrected chi connectivity index (χ4v) is 3.63. The third kappa shape index (κ3) is 3.90. The van der Waals surface area contributed by atoms with E-state index in [0.29, 0.717) is 16.7 Å². The molecule has 3 aromatic carbocycles. The summed E-state index contributed by atoms with van der Waals surface area (Å²) >= 11 is 1.45. The van der Waals surface area contributed by atoms with Crippen molar-refractivity contribution in [1.29, 1.82) is 0 Å². The molecule has 1 heterocycles. The fourth-order valence-electron chi connectivity index (χ4n) is 2.74. The SMILES string of the molecule is Fc1ccc(-n2c(SCc3cccc(F)c3)nnc2-c2ccccc2)cc1. The average molecular weight is 379 g/mol. The van der Waals surface area contributed by atoms with Gasteiger partial charge in [-0.05, 0) is 42.0 Å². The first-order chi connectivity index (χ1) is 13.2. The Balaban J connectivity index is 1.73. The minimum absolute atomic E-state index is 0.266. The maximum Gasteiger partial charge on any atom is 0.196 e. The molecule has 4 rings (SSSR count). The van der Waals surface area contributed by atoms with Crippen molar-refractivity contribution < 1.29 is 8.78 Å². The smallest absolute Gasteiger partial charge is 0.196 e. The molecule has 0 aliphatic carbocycles.